The van der Waals surface area contributed by atoms with Crippen molar-refractivity contribution in [3.05, 3.63) is 78.0 Å². The monoisotopic (exact) mass is 250 g/mol. The van der Waals surface area contributed by atoms with E-state index in [0.717, 1.165) is 17.3 Å². The number of aromatic nitrogens is 1. The van der Waals surface area contributed by atoms with Crippen LogP contribution in [-0.4, -0.2) is 4.98 Å². The van der Waals surface area contributed by atoms with Gasteiger partial charge in [0.25, 0.3) is 0 Å². The van der Waals surface area contributed by atoms with E-state index in [1.165, 1.54) is 11.1 Å². The van der Waals surface area contributed by atoms with E-state index in [0.29, 0.717) is 6.04 Å². The van der Waals surface area contributed by atoms with Crippen LogP contribution < -0.4 is 0 Å². The molecule has 0 radical (unpaired) electrons. The van der Waals surface area contributed by atoms with Crippen LogP contribution in [0.4, 0.5) is 0 Å². The molecule has 2 aromatic carbocycles. The zero-order valence-electron chi connectivity index (χ0n) is 12.4. The third-order valence-corrected chi connectivity index (χ3v) is 2.86. The molecule has 3 rings (SSSR count). The first-order chi connectivity index (χ1) is 9.81. The van der Waals surface area contributed by atoms with Gasteiger partial charge in [0.1, 0.15) is 0 Å². The van der Waals surface area contributed by atoms with Crippen molar-refractivity contribution in [2.24, 2.45) is 0 Å². The average Bonchev–Trinajstić information content (AvgIpc) is 2.50. The van der Waals surface area contributed by atoms with E-state index in [4.69, 9.17) is 1.37 Å². The lowest BCUT2D eigenvalue weighted by Gasteiger charge is -2.03. The molecule has 0 aliphatic rings. The van der Waals surface area contributed by atoms with Crippen molar-refractivity contribution in [3.8, 4) is 0 Å². The molecule has 0 atom stereocenters. The topological polar surface area (TPSA) is 12.9 Å². The number of rotatable bonds is 2. The van der Waals surface area contributed by atoms with E-state index in [1.807, 2.05) is 32.0 Å². The maximum Gasteiger partial charge on any atom is 0.0702 e. The highest BCUT2D eigenvalue weighted by molar-refractivity contribution is 5.79. The quantitative estimate of drug-likeness (QED) is 0.633. The van der Waals surface area contributed by atoms with Crippen molar-refractivity contribution in [2.75, 3.05) is 0 Å². The van der Waals surface area contributed by atoms with Crippen LogP contribution in [0.3, 0.4) is 0 Å². The molecule has 0 aliphatic carbocycles. The lowest BCUT2D eigenvalue weighted by Crippen LogP contribution is -1.88. The Morgan fingerprint density at radius 2 is 1.74 bits per heavy atom. The van der Waals surface area contributed by atoms with Gasteiger partial charge in [0.15, 0.2) is 0 Å². The van der Waals surface area contributed by atoms with Gasteiger partial charge in [0, 0.05) is 11.6 Å². The fourth-order valence-corrected chi connectivity index (χ4v) is 2.01. The minimum atomic E-state index is 0.458. The molecule has 1 heteroatoms. The van der Waals surface area contributed by atoms with Crippen LogP contribution in [0.2, 0.25) is 0 Å². The van der Waals surface area contributed by atoms with Crippen LogP contribution in [-0.2, 0) is 6.42 Å². The number of hydrogen-bond donors (Lipinski definition) is 0. The maximum atomic E-state index is 7.61. The Bertz CT molecular complexity index is 677. The van der Waals surface area contributed by atoms with Crippen molar-refractivity contribution in [2.45, 2.75) is 20.3 Å². The average molecular weight is 250 g/mol. The van der Waals surface area contributed by atoms with Crippen molar-refractivity contribution < 1.29 is 1.37 Å². The molecular formula is C18H19N. The van der Waals surface area contributed by atoms with Gasteiger partial charge in [-0.3, -0.25) is 4.98 Å². The van der Waals surface area contributed by atoms with Gasteiger partial charge in [-0.15, -0.1) is 0 Å². The second-order valence-electron chi connectivity index (χ2n) is 4.12. The highest BCUT2D eigenvalue weighted by atomic mass is 14.6. The molecule has 1 nitrogen and oxygen atoms in total. The Balaban J connectivity index is 0.000000704. The molecule has 0 saturated heterocycles. The van der Waals surface area contributed by atoms with E-state index < -0.39 is 0 Å². The maximum absolute atomic E-state index is 7.61. The predicted octanol–water partition coefficient (Wildman–Crippen LogP) is 4.85. The fourth-order valence-electron chi connectivity index (χ4n) is 2.01. The van der Waals surface area contributed by atoms with Gasteiger partial charge in [-0.25, -0.2) is 0 Å². The molecule has 0 aliphatic heterocycles. The van der Waals surface area contributed by atoms with Crippen molar-refractivity contribution in [3.63, 3.8) is 0 Å². The molecule has 0 spiro atoms. The van der Waals surface area contributed by atoms with E-state index >= 15 is 0 Å². The van der Waals surface area contributed by atoms with Crippen molar-refractivity contribution in [1.82, 2.24) is 4.98 Å². The van der Waals surface area contributed by atoms with Crippen LogP contribution in [0.5, 0.6) is 0 Å². The van der Waals surface area contributed by atoms with E-state index in [2.05, 4.69) is 41.4 Å². The molecule has 0 unspecified atom stereocenters. The van der Waals surface area contributed by atoms with E-state index in [1.54, 1.807) is 6.20 Å². The standard InChI is InChI=1S/C16H13N.C2H6/c1-2-5-13(6-3-1)11-14-8-9-16-15(12-14)7-4-10-17-16;1-2/h1-10,12H,11H2;1-2H3/i4D;. The highest BCUT2D eigenvalue weighted by Gasteiger charge is 1.98. The van der Waals surface area contributed by atoms with Crippen molar-refractivity contribution >= 4 is 10.9 Å². The molecular weight excluding hydrogens is 230 g/mol. The lowest BCUT2D eigenvalue weighted by atomic mass is 10.0. The number of nitrogens with zero attached hydrogens (tertiary/aromatic N) is 1. The van der Waals surface area contributed by atoms with Gasteiger partial charge in [0.05, 0.1) is 6.89 Å². The Morgan fingerprint density at radius 3 is 2.53 bits per heavy atom. The lowest BCUT2D eigenvalue weighted by molar-refractivity contribution is 1.20. The SMILES string of the molecule is CC.[2H]c1cnc2ccc(Cc3ccccc3)cc2c1. The Morgan fingerprint density at radius 1 is 0.947 bits per heavy atom. The van der Waals surface area contributed by atoms with Crippen LogP contribution in [0.25, 0.3) is 10.9 Å². The molecule has 19 heavy (non-hydrogen) atoms. The first-order valence-corrected chi connectivity index (χ1v) is 6.70. The normalized spacial score (nSPS) is 10.5. The molecule has 3 aromatic rings. The summed E-state index contributed by atoms with van der Waals surface area (Å²) in [5.41, 5.74) is 3.50. The molecule has 1 aromatic heterocycles. The largest absolute Gasteiger partial charge is 0.256 e. The molecule has 0 saturated carbocycles. The van der Waals surface area contributed by atoms with Gasteiger partial charge in [-0.1, -0.05) is 56.3 Å². The van der Waals surface area contributed by atoms with Crippen LogP contribution in [0.1, 0.15) is 26.3 Å². The number of pyridine rings is 1. The Kier molecular flexibility index (Phi) is 4.20. The summed E-state index contributed by atoms with van der Waals surface area (Å²) < 4.78 is 7.61. The van der Waals surface area contributed by atoms with Crippen LogP contribution >= 0.6 is 0 Å². The summed E-state index contributed by atoms with van der Waals surface area (Å²) >= 11 is 0. The number of hydrogen-bond acceptors (Lipinski definition) is 1. The van der Waals surface area contributed by atoms with Crippen LogP contribution in [0.15, 0.2) is 66.8 Å². The third-order valence-electron chi connectivity index (χ3n) is 2.86. The zero-order chi connectivity index (χ0) is 14.4. The number of fused-ring (bicyclic) bond motifs is 1. The zero-order valence-corrected chi connectivity index (χ0v) is 11.4. The predicted molar refractivity (Wildman–Crippen MR) is 82.3 cm³/mol. The summed E-state index contributed by atoms with van der Waals surface area (Å²) in [4.78, 5) is 4.24. The van der Waals surface area contributed by atoms with Crippen LogP contribution in [0, 0.1) is 0 Å². The van der Waals surface area contributed by atoms with Gasteiger partial charge >= 0.3 is 0 Å². The highest BCUT2D eigenvalue weighted by Crippen LogP contribution is 2.16. The minimum absolute atomic E-state index is 0.458. The summed E-state index contributed by atoms with van der Waals surface area (Å²) in [7, 11) is 0. The Labute approximate surface area is 116 Å². The third kappa shape index (κ3) is 3.41. The first kappa shape index (κ1) is 11.9. The molecule has 96 valence electrons. The van der Waals surface area contributed by atoms with Gasteiger partial charge < -0.3 is 0 Å². The van der Waals surface area contributed by atoms with E-state index in [-0.39, 0.29) is 0 Å². The molecule has 0 fully saturated rings. The van der Waals surface area contributed by atoms with Gasteiger partial charge in [-0.2, -0.15) is 0 Å². The Hall–Kier alpha value is -2.15. The van der Waals surface area contributed by atoms with Crippen molar-refractivity contribution in [1.29, 1.82) is 0 Å². The van der Waals surface area contributed by atoms with Gasteiger partial charge in [-0.05, 0) is 35.7 Å². The summed E-state index contributed by atoms with van der Waals surface area (Å²) in [5.74, 6) is 0. The summed E-state index contributed by atoms with van der Waals surface area (Å²) in [6.07, 6.45) is 2.50. The second-order valence-corrected chi connectivity index (χ2v) is 4.12. The summed E-state index contributed by atoms with van der Waals surface area (Å²) in [6, 6.07) is 19.0. The van der Waals surface area contributed by atoms with E-state index in [9.17, 15) is 0 Å². The molecule has 1 heterocycles. The number of benzene rings is 2. The molecule has 0 bridgehead atoms. The second kappa shape index (κ2) is 6.69. The summed E-state index contributed by atoms with van der Waals surface area (Å²) in [6.45, 7) is 4.00. The minimum Gasteiger partial charge on any atom is -0.256 e. The first-order valence-electron chi connectivity index (χ1n) is 7.20. The molecule has 0 amide bonds. The molecule has 0 N–H and O–H groups in total. The summed E-state index contributed by atoms with van der Waals surface area (Å²) in [5, 5.41) is 1.04. The van der Waals surface area contributed by atoms with Gasteiger partial charge in [0.2, 0.25) is 0 Å². The smallest absolute Gasteiger partial charge is 0.0702 e. The fraction of sp³-hybridized carbons (Fsp3) is 0.167.